The molecule has 1 N–H and O–H groups in total. The molecule has 1 unspecified atom stereocenters. The fourth-order valence-electron chi connectivity index (χ4n) is 2.77. The van der Waals surface area contributed by atoms with Crippen LogP contribution in [-0.4, -0.2) is 39.0 Å². The van der Waals surface area contributed by atoms with Crippen LogP contribution in [0.25, 0.3) is 10.3 Å². The lowest BCUT2D eigenvalue weighted by atomic mass is 10.0. The fraction of sp³-hybridized carbons (Fsp3) is 0.450. The highest BCUT2D eigenvalue weighted by Gasteiger charge is 2.21. The van der Waals surface area contributed by atoms with Gasteiger partial charge in [-0.3, -0.25) is 4.90 Å². The van der Waals surface area contributed by atoms with Crippen LogP contribution >= 0.6 is 11.3 Å². The number of likely N-dealkylation sites (tertiary alicyclic amines) is 1. The quantitative estimate of drug-likeness (QED) is 0.662. The summed E-state index contributed by atoms with van der Waals surface area (Å²) in [6.07, 6.45) is 0.918. The topological polar surface area (TPSA) is 53.9 Å². The van der Waals surface area contributed by atoms with E-state index >= 15 is 0 Å². The number of anilines is 1. The van der Waals surface area contributed by atoms with Crippen LogP contribution in [0.15, 0.2) is 24.5 Å². The number of nitrogens with one attached hydrogen (secondary N) is 1. The monoisotopic (exact) mass is 415 g/mol. The van der Waals surface area contributed by atoms with Crippen LogP contribution in [0.5, 0.6) is 0 Å². The van der Waals surface area contributed by atoms with Gasteiger partial charge in [0.1, 0.15) is 16.7 Å². The number of piperidine rings is 1. The molecular formula is C20H23F2N5S. The van der Waals surface area contributed by atoms with Gasteiger partial charge in [-0.25, -0.2) is 23.7 Å². The molecule has 0 saturated carbocycles. The molecule has 1 aromatic carbocycles. The van der Waals surface area contributed by atoms with Crippen LogP contribution in [-0.2, 0) is 6.52 Å². The average molecular weight is 416 g/mol. The zero-order chi connectivity index (χ0) is 30.0. The van der Waals surface area contributed by atoms with E-state index in [-0.39, 0.29) is 47.7 Å². The predicted octanol–water partition coefficient (Wildman–Crippen LogP) is 4.56. The first-order chi connectivity index (χ1) is 18.3. The van der Waals surface area contributed by atoms with Gasteiger partial charge in [-0.2, -0.15) is 0 Å². The molecule has 5 nitrogen and oxygen atoms in total. The summed E-state index contributed by atoms with van der Waals surface area (Å²) in [7, 11) is 0. The number of halogens is 2. The van der Waals surface area contributed by atoms with Crippen molar-refractivity contribution in [2.75, 3.05) is 18.4 Å². The van der Waals surface area contributed by atoms with Gasteiger partial charge in [0.25, 0.3) is 0 Å². The fourth-order valence-corrected chi connectivity index (χ4v) is 3.53. The largest absolute Gasteiger partial charge is 0.365 e. The summed E-state index contributed by atoms with van der Waals surface area (Å²) in [4.78, 5) is 13.6. The maximum absolute atomic E-state index is 13.9. The maximum Gasteiger partial charge on any atom is 0.162 e. The van der Waals surface area contributed by atoms with E-state index in [4.69, 9.17) is 16.5 Å². The average Bonchev–Trinajstić information content (AvgIpc) is 3.30. The Balaban J connectivity index is 1.62. The Labute approximate surface area is 183 Å². The molecule has 4 rings (SSSR count). The number of hydrogen-bond acceptors (Lipinski definition) is 6. The van der Waals surface area contributed by atoms with Gasteiger partial charge in [0.2, 0.25) is 0 Å². The maximum atomic E-state index is 13.9. The minimum absolute atomic E-state index is 0.00932. The molecular weight excluding hydrogens is 380 g/mol. The molecule has 28 heavy (non-hydrogen) atoms. The van der Waals surface area contributed by atoms with Crippen molar-refractivity contribution in [2.24, 2.45) is 0 Å². The van der Waals surface area contributed by atoms with Gasteiger partial charge >= 0.3 is 0 Å². The van der Waals surface area contributed by atoms with Gasteiger partial charge in [-0.05, 0) is 30.5 Å². The number of benzene rings is 1. The smallest absolute Gasteiger partial charge is 0.162 e. The first-order valence-electron chi connectivity index (χ1n) is 14.4. The van der Waals surface area contributed by atoms with Crippen molar-refractivity contribution in [3.8, 4) is 0 Å². The molecule has 2 aromatic heterocycles. The minimum atomic E-state index is -3.28. The van der Waals surface area contributed by atoms with Gasteiger partial charge < -0.3 is 5.31 Å². The highest BCUT2D eigenvalue weighted by Crippen LogP contribution is 2.29. The molecule has 1 fully saturated rings. The van der Waals surface area contributed by atoms with Crippen LogP contribution in [0.3, 0.4) is 0 Å². The molecule has 0 bridgehead atoms. The lowest BCUT2D eigenvalue weighted by Gasteiger charge is -2.32. The molecule has 8 heteroatoms. The summed E-state index contributed by atoms with van der Waals surface area (Å²) in [5.74, 6) is -6.10. The molecule has 3 aromatic rings. The molecule has 1 atom stereocenters. The lowest BCUT2D eigenvalue weighted by molar-refractivity contribution is 0.211. The number of thiazole rings is 1. The molecule has 0 aliphatic carbocycles. The molecule has 1 saturated heterocycles. The SMILES string of the molecule is [2H]c1cc(F)c(F)c([2H])c1C([2H])N1CCC([2H])(N([2H])c2ncnc3sc(C([2H])(C([2H])([2H])[2H])C([2H])([2H])[2H])nc23)CC1. The zero-order valence-electron chi connectivity index (χ0n) is 26.5. The molecule has 3 heterocycles. The summed E-state index contributed by atoms with van der Waals surface area (Å²) >= 11 is 0.575. The third-order valence-corrected chi connectivity index (χ3v) is 5.13. The van der Waals surface area contributed by atoms with Crippen molar-refractivity contribution in [1.29, 1.82) is 0 Å². The van der Waals surface area contributed by atoms with E-state index in [9.17, 15) is 8.78 Å². The Morgan fingerprint density at radius 2 is 2.29 bits per heavy atom. The second-order valence-electron chi connectivity index (χ2n) is 6.08. The molecule has 1 aliphatic heterocycles. The van der Waals surface area contributed by atoms with Crippen LogP contribution in [0.2, 0.25) is 1.41 Å². The Kier molecular flexibility index (Phi) is 2.74. The van der Waals surface area contributed by atoms with Gasteiger partial charge in [-0.1, -0.05) is 31.1 Å². The third kappa shape index (κ3) is 4.12. The van der Waals surface area contributed by atoms with Crippen LogP contribution < -0.4 is 5.31 Å². The Morgan fingerprint density at radius 3 is 3.07 bits per heavy atom. The molecule has 0 amide bonds. The van der Waals surface area contributed by atoms with Crippen molar-refractivity contribution in [3.05, 3.63) is 46.7 Å². The summed E-state index contributed by atoms with van der Waals surface area (Å²) in [6, 6.07) is -2.45. The first-order valence-corrected chi connectivity index (χ1v) is 9.17. The van der Waals surface area contributed by atoms with Gasteiger partial charge in [0.15, 0.2) is 18.9 Å². The number of fused-ring (bicyclic) bond motifs is 1. The molecule has 148 valence electrons. The molecule has 0 spiro atoms. The highest BCUT2D eigenvalue weighted by molar-refractivity contribution is 7.18. The molecule has 1 aliphatic rings. The molecule has 0 radical (unpaired) electrons. The van der Waals surface area contributed by atoms with Crippen molar-refractivity contribution < 1.29 is 25.3 Å². The summed E-state index contributed by atoms with van der Waals surface area (Å²) in [5.41, 5.74) is -0.469. The number of aromatic nitrogens is 3. The third-order valence-electron chi connectivity index (χ3n) is 4.15. The van der Waals surface area contributed by atoms with Crippen molar-refractivity contribution >= 4 is 27.5 Å². The van der Waals surface area contributed by atoms with E-state index in [0.29, 0.717) is 17.4 Å². The highest BCUT2D eigenvalue weighted by atomic mass is 32.1. The van der Waals surface area contributed by atoms with Crippen LogP contribution in [0.4, 0.5) is 14.6 Å². The lowest BCUT2D eigenvalue weighted by Crippen LogP contribution is -2.38. The van der Waals surface area contributed by atoms with E-state index < -0.39 is 60.9 Å². The summed E-state index contributed by atoms with van der Waals surface area (Å²) < 4.78 is 124. The minimum Gasteiger partial charge on any atom is -0.365 e. The normalized spacial score (nSPS) is 25.9. The van der Waals surface area contributed by atoms with Crippen LogP contribution in [0, 0.1) is 11.6 Å². The second-order valence-corrected chi connectivity index (χ2v) is 7.05. The van der Waals surface area contributed by atoms with E-state index in [1.165, 1.54) is 4.90 Å². The Hall–Kier alpha value is -2.19. The number of nitrogens with zero attached hydrogens (tertiary/aromatic N) is 4. The van der Waals surface area contributed by atoms with Gasteiger partial charge in [0, 0.05) is 42.5 Å². The standard InChI is InChI=1S/C20H23F2N5S/c1-12(2)19-26-17-18(23-11-24-20(17)28-19)25-14-5-7-27(8-6-14)10-13-3-4-15(21)16(22)9-13/h3-4,9,11-12,14H,5-8,10H2,1-2H3,(H,23,24,25)/i1D3,2D3,3D,9D,10D,12D,14D/hD. The first kappa shape index (κ1) is 9.54. The van der Waals surface area contributed by atoms with Crippen molar-refractivity contribution in [2.45, 2.75) is 45.0 Å². The second kappa shape index (κ2) is 8.05. The van der Waals surface area contributed by atoms with Crippen molar-refractivity contribution in [3.63, 3.8) is 0 Å². The number of rotatable bonds is 5. The van der Waals surface area contributed by atoms with E-state index in [1.807, 2.05) is 0 Å². The van der Waals surface area contributed by atoms with Crippen LogP contribution in [0.1, 0.15) is 58.1 Å². The van der Waals surface area contributed by atoms with Crippen molar-refractivity contribution in [1.82, 2.24) is 19.9 Å². The van der Waals surface area contributed by atoms with E-state index in [0.717, 1.165) is 11.6 Å². The Morgan fingerprint density at radius 1 is 1.46 bits per heavy atom. The van der Waals surface area contributed by atoms with Gasteiger partial charge in [0.05, 0.1) is 9.12 Å². The van der Waals surface area contributed by atoms with E-state index in [2.05, 4.69) is 15.0 Å². The summed E-state index contributed by atoms with van der Waals surface area (Å²) in [6.45, 7) is -7.93. The number of hydrogen-bond donors (Lipinski definition) is 1. The van der Waals surface area contributed by atoms with E-state index in [1.54, 1.807) is 0 Å². The summed E-state index contributed by atoms with van der Waals surface area (Å²) in [5, 5.41) is 0.170. The van der Waals surface area contributed by atoms with Gasteiger partial charge in [-0.15, -0.1) is 0 Å². The Bertz CT molecular complexity index is 1410. The zero-order valence-corrected chi connectivity index (χ0v) is 15.3. The predicted molar refractivity (Wildman–Crippen MR) is 108 cm³/mol.